The second-order valence-electron chi connectivity index (χ2n) is 5.14. The van der Waals surface area contributed by atoms with E-state index in [2.05, 4.69) is 35.9 Å². The Morgan fingerprint density at radius 3 is 2.74 bits per heavy atom. The maximum Gasteiger partial charge on any atom is 0.0270 e. The minimum Gasteiger partial charge on any atom is -0.314 e. The Hall–Kier alpha value is -1.15. The summed E-state index contributed by atoms with van der Waals surface area (Å²) < 4.78 is 0. The van der Waals surface area contributed by atoms with Gasteiger partial charge in [-0.15, -0.1) is 6.58 Å². The van der Waals surface area contributed by atoms with Gasteiger partial charge in [0.05, 0.1) is 0 Å². The summed E-state index contributed by atoms with van der Waals surface area (Å²) in [4.78, 5) is 4.08. The van der Waals surface area contributed by atoms with Gasteiger partial charge in [-0.25, -0.2) is 0 Å². The first-order valence-electron chi connectivity index (χ1n) is 7.60. The number of nitrogens with one attached hydrogen (secondary N) is 1. The molecule has 2 nitrogen and oxygen atoms in total. The van der Waals surface area contributed by atoms with E-state index in [1.807, 2.05) is 18.5 Å². The normalized spacial score (nSPS) is 12.3. The molecule has 1 aromatic rings. The van der Waals surface area contributed by atoms with Crippen molar-refractivity contribution in [2.24, 2.45) is 0 Å². The van der Waals surface area contributed by atoms with Crippen LogP contribution in [-0.2, 0) is 6.42 Å². The number of pyridine rings is 1. The number of rotatable bonds is 11. The molecule has 1 unspecified atom stereocenters. The van der Waals surface area contributed by atoms with Crippen molar-refractivity contribution < 1.29 is 0 Å². The molecule has 106 valence electrons. The van der Waals surface area contributed by atoms with Crippen LogP contribution >= 0.6 is 0 Å². The smallest absolute Gasteiger partial charge is 0.0270 e. The molecule has 1 atom stereocenters. The first kappa shape index (κ1) is 15.9. The van der Waals surface area contributed by atoms with Crippen molar-refractivity contribution in [1.82, 2.24) is 10.3 Å². The molecule has 0 fully saturated rings. The van der Waals surface area contributed by atoms with Crippen LogP contribution in [0.5, 0.6) is 0 Å². The first-order chi connectivity index (χ1) is 9.36. The van der Waals surface area contributed by atoms with E-state index in [1.165, 1.54) is 37.7 Å². The molecule has 0 aliphatic rings. The molecule has 2 heteroatoms. The molecule has 0 bridgehead atoms. The summed E-state index contributed by atoms with van der Waals surface area (Å²) in [7, 11) is 0. The van der Waals surface area contributed by atoms with Crippen LogP contribution < -0.4 is 5.32 Å². The summed E-state index contributed by atoms with van der Waals surface area (Å²) in [5, 5.41) is 3.67. The van der Waals surface area contributed by atoms with Crippen LogP contribution in [0.2, 0.25) is 0 Å². The fraction of sp³-hybridized carbons (Fsp3) is 0.588. The lowest BCUT2D eigenvalue weighted by Gasteiger charge is -2.18. The molecule has 1 N–H and O–H groups in total. The van der Waals surface area contributed by atoms with Crippen molar-refractivity contribution in [3.05, 3.63) is 42.7 Å². The highest BCUT2D eigenvalue weighted by atomic mass is 14.9. The van der Waals surface area contributed by atoms with E-state index in [9.17, 15) is 0 Å². The topological polar surface area (TPSA) is 24.9 Å². The summed E-state index contributed by atoms with van der Waals surface area (Å²) >= 11 is 0. The molecular formula is C17H28N2. The number of unbranched alkanes of at least 4 members (excludes halogenated alkanes) is 3. The number of hydrogen-bond donors (Lipinski definition) is 1. The van der Waals surface area contributed by atoms with Gasteiger partial charge in [0, 0.05) is 18.4 Å². The highest BCUT2D eigenvalue weighted by Gasteiger charge is 2.08. The maximum absolute atomic E-state index is 4.08. The molecule has 1 rings (SSSR count). The maximum atomic E-state index is 4.08. The third-order valence-corrected chi connectivity index (χ3v) is 3.38. The van der Waals surface area contributed by atoms with Gasteiger partial charge >= 0.3 is 0 Å². The van der Waals surface area contributed by atoms with Gasteiger partial charge in [0.15, 0.2) is 0 Å². The third kappa shape index (κ3) is 7.78. The van der Waals surface area contributed by atoms with E-state index >= 15 is 0 Å². The quantitative estimate of drug-likeness (QED) is 0.478. The summed E-state index contributed by atoms with van der Waals surface area (Å²) in [6.07, 6.45) is 14.4. The Morgan fingerprint density at radius 1 is 1.26 bits per heavy atom. The van der Waals surface area contributed by atoms with Gasteiger partial charge < -0.3 is 5.32 Å². The zero-order valence-electron chi connectivity index (χ0n) is 12.3. The molecule has 0 amide bonds. The molecule has 1 heterocycles. The zero-order valence-corrected chi connectivity index (χ0v) is 12.3. The first-order valence-corrected chi connectivity index (χ1v) is 7.60. The summed E-state index contributed by atoms with van der Waals surface area (Å²) in [6.45, 7) is 7.11. The highest BCUT2D eigenvalue weighted by molar-refractivity contribution is 5.11. The standard InChI is InChI=1S/C17H28N2/c1-3-5-6-7-8-9-17(19-12-4-2)15-16-10-13-18-14-11-16/h3,10-11,13-14,17,19H,1,4-9,12,15H2,2H3. The fourth-order valence-electron chi connectivity index (χ4n) is 2.28. The summed E-state index contributed by atoms with van der Waals surface area (Å²) in [5.74, 6) is 0. The number of nitrogens with zero attached hydrogens (tertiary/aromatic N) is 1. The van der Waals surface area contributed by atoms with Crippen LogP contribution in [0.3, 0.4) is 0 Å². The average Bonchev–Trinajstić information content (AvgIpc) is 2.45. The molecule has 0 aliphatic heterocycles. The monoisotopic (exact) mass is 260 g/mol. The Kier molecular flexibility index (Phi) is 8.99. The second kappa shape index (κ2) is 10.7. The van der Waals surface area contributed by atoms with E-state index in [0.717, 1.165) is 19.4 Å². The predicted molar refractivity (Wildman–Crippen MR) is 83.3 cm³/mol. The van der Waals surface area contributed by atoms with E-state index in [0.29, 0.717) is 6.04 Å². The number of allylic oxidation sites excluding steroid dienone is 1. The highest BCUT2D eigenvalue weighted by Crippen LogP contribution is 2.10. The van der Waals surface area contributed by atoms with Crippen molar-refractivity contribution in [2.75, 3.05) is 6.54 Å². The van der Waals surface area contributed by atoms with Crippen molar-refractivity contribution >= 4 is 0 Å². The van der Waals surface area contributed by atoms with E-state index in [1.54, 1.807) is 0 Å². The predicted octanol–water partition coefficient (Wildman–Crippen LogP) is 4.13. The lowest BCUT2D eigenvalue weighted by Crippen LogP contribution is -2.31. The van der Waals surface area contributed by atoms with Crippen LogP contribution in [0.15, 0.2) is 37.2 Å². The Balaban J connectivity index is 2.31. The van der Waals surface area contributed by atoms with Gasteiger partial charge in [-0.2, -0.15) is 0 Å². The molecule has 0 aliphatic carbocycles. The van der Waals surface area contributed by atoms with Crippen LogP contribution in [0, 0.1) is 0 Å². The third-order valence-electron chi connectivity index (χ3n) is 3.38. The van der Waals surface area contributed by atoms with Crippen molar-refractivity contribution in [3.8, 4) is 0 Å². The van der Waals surface area contributed by atoms with Gasteiger partial charge in [-0.1, -0.05) is 25.8 Å². The molecule has 0 saturated heterocycles. The van der Waals surface area contributed by atoms with Crippen molar-refractivity contribution in [1.29, 1.82) is 0 Å². The molecule has 0 saturated carbocycles. The van der Waals surface area contributed by atoms with Gasteiger partial charge in [0.25, 0.3) is 0 Å². The lowest BCUT2D eigenvalue weighted by molar-refractivity contribution is 0.454. The van der Waals surface area contributed by atoms with E-state index in [4.69, 9.17) is 0 Å². The van der Waals surface area contributed by atoms with Gasteiger partial charge in [0.2, 0.25) is 0 Å². The van der Waals surface area contributed by atoms with Crippen LogP contribution in [0.1, 0.15) is 51.0 Å². The molecule has 0 spiro atoms. The average molecular weight is 260 g/mol. The Morgan fingerprint density at radius 2 is 2.05 bits per heavy atom. The fourth-order valence-corrected chi connectivity index (χ4v) is 2.28. The molecule has 0 aromatic carbocycles. The Bertz CT molecular complexity index is 321. The van der Waals surface area contributed by atoms with Crippen molar-refractivity contribution in [2.45, 2.75) is 57.9 Å². The van der Waals surface area contributed by atoms with Crippen LogP contribution in [0.4, 0.5) is 0 Å². The Labute approximate surface area is 118 Å². The number of aromatic nitrogens is 1. The van der Waals surface area contributed by atoms with E-state index in [-0.39, 0.29) is 0 Å². The number of hydrogen-bond acceptors (Lipinski definition) is 2. The van der Waals surface area contributed by atoms with Gasteiger partial charge in [0.1, 0.15) is 0 Å². The van der Waals surface area contributed by atoms with Crippen molar-refractivity contribution in [3.63, 3.8) is 0 Å². The lowest BCUT2D eigenvalue weighted by atomic mass is 10.0. The van der Waals surface area contributed by atoms with Crippen LogP contribution in [0.25, 0.3) is 0 Å². The van der Waals surface area contributed by atoms with Gasteiger partial charge in [-0.05, 0) is 56.3 Å². The largest absolute Gasteiger partial charge is 0.314 e. The minimum atomic E-state index is 0.603. The SMILES string of the molecule is C=CCCCCCC(Cc1ccncc1)NCCC. The molecule has 0 radical (unpaired) electrons. The molecule has 1 aromatic heterocycles. The summed E-state index contributed by atoms with van der Waals surface area (Å²) in [6, 6.07) is 4.85. The second-order valence-corrected chi connectivity index (χ2v) is 5.14. The molecule has 19 heavy (non-hydrogen) atoms. The molecular weight excluding hydrogens is 232 g/mol. The van der Waals surface area contributed by atoms with Gasteiger partial charge in [-0.3, -0.25) is 4.98 Å². The van der Waals surface area contributed by atoms with Crippen LogP contribution in [-0.4, -0.2) is 17.6 Å². The summed E-state index contributed by atoms with van der Waals surface area (Å²) in [5.41, 5.74) is 1.38. The zero-order chi connectivity index (χ0) is 13.8. The minimum absolute atomic E-state index is 0.603. The van der Waals surface area contributed by atoms with E-state index < -0.39 is 0 Å².